The van der Waals surface area contributed by atoms with E-state index in [4.69, 9.17) is 0 Å². The molecule has 0 unspecified atom stereocenters. The molecule has 3 heteroatoms. The van der Waals surface area contributed by atoms with Crippen LogP contribution in [0, 0.1) is 6.20 Å². The predicted octanol–water partition coefficient (Wildman–Crippen LogP) is 1.07. The summed E-state index contributed by atoms with van der Waals surface area (Å²) in [5.41, 5.74) is 0. The Balaban J connectivity index is 2.46. The zero-order valence-corrected chi connectivity index (χ0v) is 5.81. The molecular weight excluding hydrogens is 138 g/mol. The van der Waals surface area contributed by atoms with E-state index in [1.54, 1.807) is 16.9 Å². The first kappa shape index (κ1) is 6.09. The molecule has 0 bridgehead atoms. The molecule has 2 aromatic rings. The zero-order valence-electron chi connectivity index (χ0n) is 5.81. The lowest BCUT2D eigenvalue weighted by molar-refractivity contribution is 0.844. The van der Waals surface area contributed by atoms with E-state index in [1.165, 1.54) is 0 Å². The van der Waals surface area contributed by atoms with Gasteiger partial charge in [-0.3, -0.25) is 0 Å². The number of nitrogens with zero attached hydrogens (tertiary/aromatic N) is 3. The Kier molecular flexibility index (Phi) is 1.41. The summed E-state index contributed by atoms with van der Waals surface area (Å²) in [4.78, 5) is 4.10. The van der Waals surface area contributed by atoms with Gasteiger partial charge in [-0.05, 0) is 18.2 Å². The maximum absolute atomic E-state index is 4.10. The molecule has 2 rings (SSSR count). The van der Waals surface area contributed by atoms with Crippen molar-refractivity contribution >= 4 is 0 Å². The number of pyridine rings is 1. The minimum absolute atomic E-state index is 0.814. The molecule has 2 heterocycles. The van der Waals surface area contributed by atoms with Crippen molar-refractivity contribution in [2.24, 2.45) is 0 Å². The van der Waals surface area contributed by atoms with Gasteiger partial charge in [0.15, 0.2) is 5.82 Å². The van der Waals surface area contributed by atoms with Crippen LogP contribution in [0.15, 0.2) is 36.7 Å². The van der Waals surface area contributed by atoms with Crippen molar-refractivity contribution in [2.45, 2.75) is 0 Å². The molecule has 53 valence electrons. The average molecular weight is 144 g/mol. The van der Waals surface area contributed by atoms with Crippen LogP contribution in [0.3, 0.4) is 0 Å². The fourth-order valence-corrected chi connectivity index (χ4v) is 0.850. The van der Waals surface area contributed by atoms with Crippen LogP contribution in [0.1, 0.15) is 0 Å². The van der Waals surface area contributed by atoms with E-state index in [9.17, 15) is 0 Å². The summed E-state index contributed by atoms with van der Waals surface area (Å²) >= 11 is 0. The first-order valence-corrected chi connectivity index (χ1v) is 3.30. The molecule has 0 aliphatic rings. The Morgan fingerprint density at radius 1 is 1.36 bits per heavy atom. The second-order valence-electron chi connectivity index (χ2n) is 2.08. The fraction of sp³-hybridized carbons (Fsp3) is 0. The zero-order chi connectivity index (χ0) is 7.52. The maximum atomic E-state index is 4.10. The van der Waals surface area contributed by atoms with Crippen LogP contribution in [0.4, 0.5) is 0 Å². The van der Waals surface area contributed by atoms with Crippen LogP contribution >= 0.6 is 0 Å². The summed E-state index contributed by atoms with van der Waals surface area (Å²) in [6.07, 6.45) is 6.24. The highest BCUT2D eigenvalue weighted by Gasteiger charge is 1.92. The summed E-state index contributed by atoms with van der Waals surface area (Å²) in [7, 11) is 0. The molecule has 0 aliphatic carbocycles. The highest BCUT2D eigenvalue weighted by atomic mass is 15.3. The first-order chi connectivity index (χ1) is 5.47. The maximum Gasteiger partial charge on any atom is 0.153 e. The minimum Gasteiger partial charge on any atom is -0.237 e. The predicted molar refractivity (Wildman–Crippen MR) is 40.2 cm³/mol. The second-order valence-corrected chi connectivity index (χ2v) is 2.08. The molecule has 0 aromatic carbocycles. The van der Waals surface area contributed by atoms with Gasteiger partial charge in [0, 0.05) is 12.4 Å². The standard InChI is InChI=1S/C8H6N3/c1-2-5-9-8(4-1)11-7-3-6-10-11/h1-5,7H. The Morgan fingerprint density at radius 3 is 3.00 bits per heavy atom. The molecule has 0 saturated heterocycles. The molecule has 0 atom stereocenters. The molecule has 0 saturated carbocycles. The Labute approximate surface area is 64.3 Å². The summed E-state index contributed by atoms with van der Waals surface area (Å²) in [6, 6.07) is 7.43. The Hall–Kier alpha value is -1.64. The van der Waals surface area contributed by atoms with Crippen LogP contribution < -0.4 is 0 Å². The van der Waals surface area contributed by atoms with E-state index in [1.807, 2.05) is 24.4 Å². The topological polar surface area (TPSA) is 30.7 Å². The summed E-state index contributed by atoms with van der Waals surface area (Å²) in [5, 5.41) is 3.92. The molecule has 2 aromatic heterocycles. The molecule has 3 nitrogen and oxygen atoms in total. The van der Waals surface area contributed by atoms with Crippen LogP contribution in [0.2, 0.25) is 0 Å². The summed E-state index contributed by atoms with van der Waals surface area (Å²) in [6.45, 7) is 0. The van der Waals surface area contributed by atoms with Crippen molar-refractivity contribution in [3.63, 3.8) is 0 Å². The van der Waals surface area contributed by atoms with Crippen molar-refractivity contribution in [1.82, 2.24) is 14.8 Å². The highest BCUT2D eigenvalue weighted by molar-refractivity contribution is 5.19. The smallest absolute Gasteiger partial charge is 0.153 e. The van der Waals surface area contributed by atoms with E-state index in [-0.39, 0.29) is 0 Å². The van der Waals surface area contributed by atoms with Crippen LogP contribution in [0.25, 0.3) is 5.82 Å². The van der Waals surface area contributed by atoms with Gasteiger partial charge in [-0.25, -0.2) is 9.67 Å². The summed E-state index contributed by atoms with van der Waals surface area (Å²) < 4.78 is 1.67. The van der Waals surface area contributed by atoms with Crippen molar-refractivity contribution in [3.8, 4) is 5.82 Å². The van der Waals surface area contributed by atoms with Crippen molar-refractivity contribution in [2.75, 3.05) is 0 Å². The van der Waals surface area contributed by atoms with Gasteiger partial charge >= 0.3 is 0 Å². The quantitative estimate of drug-likeness (QED) is 0.599. The Morgan fingerprint density at radius 2 is 2.36 bits per heavy atom. The largest absolute Gasteiger partial charge is 0.237 e. The lowest BCUT2D eigenvalue weighted by Crippen LogP contribution is -1.95. The lowest BCUT2D eigenvalue weighted by atomic mass is 10.5. The van der Waals surface area contributed by atoms with E-state index >= 15 is 0 Å². The van der Waals surface area contributed by atoms with Gasteiger partial charge < -0.3 is 0 Å². The molecule has 0 aliphatic heterocycles. The first-order valence-electron chi connectivity index (χ1n) is 3.30. The average Bonchev–Trinajstić information content (AvgIpc) is 2.58. The van der Waals surface area contributed by atoms with E-state index in [0.717, 1.165) is 5.82 Å². The number of rotatable bonds is 1. The third-order valence-corrected chi connectivity index (χ3v) is 1.34. The third-order valence-electron chi connectivity index (χ3n) is 1.34. The molecular formula is C8H6N3. The second kappa shape index (κ2) is 2.54. The number of hydrogen-bond donors (Lipinski definition) is 0. The Bertz CT molecular complexity index is 312. The van der Waals surface area contributed by atoms with E-state index in [0.29, 0.717) is 0 Å². The van der Waals surface area contributed by atoms with Crippen molar-refractivity contribution in [3.05, 3.63) is 42.9 Å². The van der Waals surface area contributed by atoms with Crippen molar-refractivity contribution in [1.29, 1.82) is 0 Å². The molecule has 0 N–H and O–H groups in total. The number of hydrogen-bond acceptors (Lipinski definition) is 2. The van der Waals surface area contributed by atoms with Gasteiger partial charge in [0.2, 0.25) is 0 Å². The van der Waals surface area contributed by atoms with Gasteiger partial charge in [-0.15, -0.1) is 0 Å². The molecule has 0 fully saturated rings. The molecule has 1 radical (unpaired) electrons. The molecule has 11 heavy (non-hydrogen) atoms. The normalized spacial score (nSPS) is 9.82. The van der Waals surface area contributed by atoms with Crippen LogP contribution in [-0.4, -0.2) is 14.8 Å². The van der Waals surface area contributed by atoms with Crippen LogP contribution in [0.5, 0.6) is 0 Å². The molecule has 0 spiro atoms. The van der Waals surface area contributed by atoms with Crippen molar-refractivity contribution < 1.29 is 0 Å². The monoisotopic (exact) mass is 144 g/mol. The van der Waals surface area contributed by atoms with Gasteiger partial charge in [-0.1, -0.05) is 6.07 Å². The van der Waals surface area contributed by atoms with Gasteiger partial charge in [0.1, 0.15) is 6.20 Å². The van der Waals surface area contributed by atoms with Gasteiger partial charge in [0.25, 0.3) is 0 Å². The minimum atomic E-state index is 0.814. The lowest BCUT2D eigenvalue weighted by Gasteiger charge is -1.96. The van der Waals surface area contributed by atoms with Gasteiger partial charge in [-0.2, -0.15) is 5.10 Å². The highest BCUT2D eigenvalue weighted by Crippen LogP contribution is 1.98. The van der Waals surface area contributed by atoms with E-state index in [2.05, 4.69) is 16.3 Å². The molecule has 0 amide bonds. The summed E-state index contributed by atoms with van der Waals surface area (Å²) in [5.74, 6) is 0.814. The number of aromatic nitrogens is 3. The SMILES string of the molecule is [c]1ccn(-c2ccccn2)n1. The van der Waals surface area contributed by atoms with Gasteiger partial charge in [0.05, 0.1) is 0 Å². The fourth-order valence-electron chi connectivity index (χ4n) is 0.850. The third kappa shape index (κ3) is 1.12. The van der Waals surface area contributed by atoms with Crippen LogP contribution in [-0.2, 0) is 0 Å². The van der Waals surface area contributed by atoms with E-state index < -0.39 is 0 Å².